The average molecular weight is 292 g/mol. The fraction of sp³-hybridized carbons (Fsp3) is 1.00. The highest BCUT2D eigenvalue weighted by Crippen LogP contribution is 2.24. The summed E-state index contributed by atoms with van der Waals surface area (Å²) in [5.74, 6) is 0.113. The van der Waals surface area contributed by atoms with E-state index in [1.807, 2.05) is 13.8 Å². The summed E-state index contributed by atoms with van der Waals surface area (Å²) in [6, 6.07) is 0.376. The first-order valence-corrected chi connectivity index (χ1v) is 8.92. The molecule has 0 unspecified atom stereocenters. The van der Waals surface area contributed by atoms with Crippen LogP contribution in [0.3, 0.4) is 0 Å². The van der Waals surface area contributed by atoms with Gasteiger partial charge >= 0.3 is 0 Å². The Kier molecular flexibility index (Phi) is 7.28. The molecule has 114 valence electrons. The third-order valence-electron chi connectivity index (χ3n) is 3.57. The van der Waals surface area contributed by atoms with Gasteiger partial charge in [0.1, 0.15) is 0 Å². The number of nitrogens with one attached hydrogen (secondary N) is 1. The van der Waals surface area contributed by atoms with Crippen LogP contribution in [0.1, 0.15) is 46.0 Å². The highest BCUT2D eigenvalue weighted by Gasteiger charge is 2.30. The van der Waals surface area contributed by atoms with Gasteiger partial charge in [0.05, 0.1) is 12.4 Å². The molecule has 0 aromatic rings. The van der Waals surface area contributed by atoms with E-state index < -0.39 is 10.0 Å². The van der Waals surface area contributed by atoms with Crippen molar-refractivity contribution in [2.75, 3.05) is 25.4 Å². The second-order valence-electron chi connectivity index (χ2n) is 5.55. The van der Waals surface area contributed by atoms with Crippen molar-refractivity contribution in [2.24, 2.45) is 0 Å². The van der Waals surface area contributed by atoms with E-state index >= 15 is 0 Å². The third kappa shape index (κ3) is 5.77. The lowest BCUT2D eigenvalue weighted by Gasteiger charge is -2.33. The van der Waals surface area contributed by atoms with E-state index in [0.29, 0.717) is 6.54 Å². The van der Waals surface area contributed by atoms with Crippen molar-refractivity contribution in [1.82, 2.24) is 9.62 Å². The largest absolute Gasteiger partial charge is 0.395 e. The summed E-state index contributed by atoms with van der Waals surface area (Å²) in [4.78, 5) is 0. The maximum atomic E-state index is 12.4. The highest BCUT2D eigenvalue weighted by molar-refractivity contribution is 7.89. The zero-order chi connectivity index (χ0) is 14.3. The zero-order valence-corrected chi connectivity index (χ0v) is 13.0. The maximum absolute atomic E-state index is 12.4. The topological polar surface area (TPSA) is 69.6 Å². The Morgan fingerprint density at radius 3 is 2.42 bits per heavy atom. The number of nitrogens with zero attached hydrogens (tertiary/aromatic N) is 1. The second kappa shape index (κ2) is 8.19. The molecule has 0 aromatic carbocycles. The molecule has 1 saturated carbocycles. The van der Waals surface area contributed by atoms with Gasteiger partial charge in [0, 0.05) is 25.2 Å². The van der Waals surface area contributed by atoms with Gasteiger partial charge < -0.3 is 10.4 Å². The minimum atomic E-state index is -3.27. The van der Waals surface area contributed by atoms with Gasteiger partial charge in [0.15, 0.2) is 0 Å². The first kappa shape index (κ1) is 16.9. The van der Waals surface area contributed by atoms with Crippen molar-refractivity contribution in [1.29, 1.82) is 0 Å². The summed E-state index contributed by atoms with van der Waals surface area (Å²) in [5.41, 5.74) is 0. The van der Waals surface area contributed by atoms with Crippen LogP contribution in [0, 0.1) is 0 Å². The number of hydrogen-bond donors (Lipinski definition) is 2. The van der Waals surface area contributed by atoms with E-state index in [0.717, 1.165) is 25.7 Å². The van der Waals surface area contributed by atoms with E-state index in [2.05, 4.69) is 5.32 Å². The van der Waals surface area contributed by atoms with E-state index in [1.165, 1.54) is 10.7 Å². The van der Waals surface area contributed by atoms with E-state index in [1.54, 1.807) is 0 Å². The van der Waals surface area contributed by atoms with Crippen LogP contribution in [0.4, 0.5) is 0 Å². The molecule has 0 amide bonds. The van der Waals surface area contributed by atoms with E-state index in [4.69, 9.17) is 5.11 Å². The molecule has 0 spiro atoms. The first-order chi connectivity index (χ1) is 8.97. The molecule has 0 bridgehead atoms. The monoisotopic (exact) mass is 292 g/mol. The zero-order valence-electron chi connectivity index (χ0n) is 12.1. The van der Waals surface area contributed by atoms with Crippen molar-refractivity contribution < 1.29 is 13.5 Å². The van der Waals surface area contributed by atoms with Crippen LogP contribution >= 0.6 is 0 Å². The molecule has 1 aliphatic rings. The fourth-order valence-electron chi connectivity index (χ4n) is 2.61. The Balaban J connectivity index is 2.61. The predicted octanol–water partition coefficient (Wildman–Crippen LogP) is 0.941. The molecule has 0 radical (unpaired) electrons. The van der Waals surface area contributed by atoms with E-state index in [-0.39, 0.29) is 31.0 Å². The number of sulfonamides is 1. The molecule has 0 atom stereocenters. The number of rotatable bonds is 8. The molecule has 0 aromatic heterocycles. The van der Waals surface area contributed by atoms with Gasteiger partial charge in [-0.25, -0.2) is 8.42 Å². The van der Waals surface area contributed by atoms with Crippen molar-refractivity contribution >= 4 is 10.0 Å². The fourth-order valence-corrected chi connectivity index (χ4v) is 4.25. The SMILES string of the molecule is CC(C)NCCS(=O)(=O)N(CCO)C1CCCCC1. The Hall–Kier alpha value is -0.170. The van der Waals surface area contributed by atoms with Crippen molar-refractivity contribution in [3.05, 3.63) is 0 Å². The minimum Gasteiger partial charge on any atom is -0.395 e. The highest BCUT2D eigenvalue weighted by atomic mass is 32.2. The van der Waals surface area contributed by atoms with E-state index in [9.17, 15) is 8.42 Å². The summed E-state index contributed by atoms with van der Waals surface area (Å²) >= 11 is 0. The molecule has 2 N–H and O–H groups in total. The molecule has 5 nitrogen and oxygen atoms in total. The Labute approximate surface area is 117 Å². The quantitative estimate of drug-likeness (QED) is 0.698. The van der Waals surface area contributed by atoms with Crippen molar-refractivity contribution in [3.8, 4) is 0 Å². The third-order valence-corrected chi connectivity index (χ3v) is 5.49. The number of aliphatic hydroxyl groups excluding tert-OH is 1. The van der Waals surface area contributed by atoms with Crippen LogP contribution in [0.5, 0.6) is 0 Å². The summed E-state index contributed by atoms with van der Waals surface area (Å²) in [5, 5.41) is 12.3. The molecular formula is C13H28N2O3S. The van der Waals surface area contributed by atoms with Crippen LogP contribution in [0.15, 0.2) is 0 Å². The van der Waals surface area contributed by atoms with Gasteiger partial charge in [-0.15, -0.1) is 0 Å². The molecule has 1 aliphatic carbocycles. The Morgan fingerprint density at radius 1 is 1.26 bits per heavy atom. The number of hydrogen-bond acceptors (Lipinski definition) is 4. The van der Waals surface area contributed by atoms with Gasteiger partial charge in [-0.05, 0) is 12.8 Å². The van der Waals surface area contributed by atoms with Crippen LogP contribution < -0.4 is 5.32 Å². The lowest BCUT2D eigenvalue weighted by atomic mass is 9.95. The molecular weight excluding hydrogens is 264 g/mol. The van der Waals surface area contributed by atoms with Crippen LogP contribution in [0.2, 0.25) is 0 Å². The summed E-state index contributed by atoms with van der Waals surface area (Å²) in [6.45, 7) is 4.59. The van der Waals surface area contributed by atoms with Crippen LogP contribution in [-0.2, 0) is 10.0 Å². The molecule has 6 heteroatoms. The van der Waals surface area contributed by atoms with Crippen molar-refractivity contribution in [3.63, 3.8) is 0 Å². The number of aliphatic hydroxyl groups is 1. The molecule has 0 heterocycles. The normalized spacial score (nSPS) is 18.4. The molecule has 19 heavy (non-hydrogen) atoms. The van der Waals surface area contributed by atoms with Crippen LogP contribution in [0.25, 0.3) is 0 Å². The summed E-state index contributed by atoms with van der Waals surface area (Å²) in [7, 11) is -3.27. The lowest BCUT2D eigenvalue weighted by Crippen LogP contribution is -2.45. The maximum Gasteiger partial charge on any atom is 0.215 e. The molecule has 0 saturated heterocycles. The molecule has 1 fully saturated rings. The molecule has 1 rings (SSSR count). The van der Waals surface area contributed by atoms with Crippen LogP contribution in [-0.4, -0.2) is 55.4 Å². The minimum absolute atomic E-state index is 0.0879. The van der Waals surface area contributed by atoms with Gasteiger partial charge in [-0.1, -0.05) is 33.1 Å². The van der Waals surface area contributed by atoms with Crippen molar-refractivity contribution in [2.45, 2.75) is 58.0 Å². The second-order valence-corrected chi connectivity index (χ2v) is 7.59. The van der Waals surface area contributed by atoms with Gasteiger partial charge in [-0.2, -0.15) is 4.31 Å². The summed E-state index contributed by atoms with van der Waals surface area (Å²) in [6.07, 6.45) is 5.23. The standard InChI is InChI=1S/C13H28N2O3S/c1-12(2)14-8-11-19(17,18)15(9-10-16)13-6-4-3-5-7-13/h12-14,16H,3-11H2,1-2H3. The van der Waals surface area contributed by atoms with Gasteiger partial charge in [0.2, 0.25) is 10.0 Å². The molecule has 0 aliphatic heterocycles. The Morgan fingerprint density at radius 2 is 1.89 bits per heavy atom. The van der Waals surface area contributed by atoms with Gasteiger partial charge in [0.25, 0.3) is 0 Å². The lowest BCUT2D eigenvalue weighted by molar-refractivity contribution is 0.199. The predicted molar refractivity (Wildman–Crippen MR) is 77.6 cm³/mol. The Bertz CT molecular complexity index is 338. The summed E-state index contributed by atoms with van der Waals surface area (Å²) < 4.78 is 26.3. The first-order valence-electron chi connectivity index (χ1n) is 7.31. The average Bonchev–Trinajstić information content (AvgIpc) is 2.36. The van der Waals surface area contributed by atoms with Gasteiger partial charge in [-0.3, -0.25) is 0 Å². The smallest absolute Gasteiger partial charge is 0.215 e.